The number of carbonyl (C=O) groups is 2. The van der Waals surface area contributed by atoms with Crippen LogP contribution in [0.5, 0.6) is 0 Å². The Labute approximate surface area is 150 Å². The summed E-state index contributed by atoms with van der Waals surface area (Å²) in [6.45, 7) is 3.30. The van der Waals surface area contributed by atoms with Crippen molar-refractivity contribution in [3.05, 3.63) is 35.4 Å². The third-order valence-electron chi connectivity index (χ3n) is 3.29. The molecule has 2 amide bonds. The molecule has 142 valence electrons. The molecule has 0 aliphatic heterocycles. The molecule has 0 saturated carbocycles. The van der Waals surface area contributed by atoms with Crippen LogP contribution in [0, 0.1) is 5.92 Å². The Hall–Kier alpha value is -1.80. The van der Waals surface area contributed by atoms with Gasteiger partial charge in [0.1, 0.15) is 0 Å². The third kappa shape index (κ3) is 8.22. The normalized spacial score (nSPS) is 12.3. The molecule has 0 fully saturated rings. The highest BCUT2D eigenvalue weighted by Crippen LogP contribution is 2.31. The van der Waals surface area contributed by atoms with E-state index in [-0.39, 0.29) is 31.4 Å². The summed E-state index contributed by atoms with van der Waals surface area (Å²) < 4.78 is 38.6. The lowest BCUT2D eigenvalue weighted by Gasteiger charge is -2.22. The van der Waals surface area contributed by atoms with Gasteiger partial charge in [0.25, 0.3) is 0 Å². The number of rotatable bonds is 7. The second-order valence-electron chi connectivity index (χ2n) is 5.85. The van der Waals surface area contributed by atoms with Crippen LogP contribution in [0.15, 0.2) is 24.3 Å². The minimum Gasteiger partial charge on any atom is -0.348 e. The van der Waals surface area contributed by atoms with Gasteiger partial charge in [-0.3, -0.25) is 9.59 Å². The van der Waals surface area contributed by atoms with Gasteiger partial charge in [-0.15, -0.1) is 12.4 Å². The van der Waals surface area contributed by atoms with Crippen molar-refractivity contribution >= 4 is 24.2 Å². The van der Waals surface area contributed by atoms with E-state index in [1.165, 1.54) is 6.07 Å². The average molecular weight is 382 g/mol. The fourth-order valence-corrected chi connectivity index (χ4v) is 2.18. The molecule has 1 rings (SSSR count). The molecular formula is C16H23ClF3N3O2. The molecule has 9 heteroatoms. The van der Waals surface area contributed by atoms with Crippen molar-refractivity contribution in [2.24, 2.45) is 11.7 Å². The van der Waals surface area contributed by atoms with E-state index in [0.717, 1.165) is 12.1 Å². The maximum absolute atomic E-state index is 12.9. The van der Waals surface area contributed by atoms with Crippen molar-refractivity contribution in [3.63, 3.8) is 0 Å². The van der Waals surface area contributed by atoms with Gasteiger partial charge in [0, 0.05) is 0 Å². The van der Waals surface area contributed by atoms with Crippen LogP contribution in [0.2, 0.25) is 0 Å². The molecule has 0 heterocycles. The predicted octanol–water partition coefficient (Wildman–Crippen LogP) is 2.41. The summed E-state index contributed by atoms with van der Waals surface area (Å²) in [6.07, 6.45) is -3.98. The van der Waals surface area contributed by atoms with E-state index in [0.29, 0.717) is 12.0 Å². The predicted molar refractivity (Wildman–Crippen MR) is 91.1 cm³/mol. The Morgan fingerprint density at radius 3 is 2.36 bits per heavy atom. The van der Waals surface area contributed by atoms with Gasteiger partial charge in [-0.2, -0.15) is 13.2 Å². The highest BCUT2D eigenvalue weighted by Gasteiger charge is 2.31. The Morgan fingerprint density at radius 1 is 1.20 bits per heavy atom. The van der Waals surface area contributed by atoms with E-state index in [9.17, 15) is 22.8 Å². The van der Waals surface area contributed by atoms with Crippen LogP contribution in [-0.2, 0) is 15.8 Å². The monoisotopic (exact) mass is 381 g/mol. The lowest BCUT2D eigenvalue weighted by atomic mass is 9.95. The molecular weight excluding hydrogens is 359 g/mol. The van der Waals surface area contributed by atoms with Crippen molar-refractivity contribution in [1.29, 1.82) is 0 Å². The molecule has 1 aromatic carbocycles. The number of nitrogens with two attached hydrogens (primary N) is 1. The second kappa shape index (κ2) is 10.2. The smallest absolute Gasteiger partial charge is 0.348 e. The number of hydrogen-bond acceptors (Lipinski definition) is 3. The van der Waals surface area contributed by atoms with Crippen LogP contribution in [-0.4, -0.2) is 24.9 Å². The van der Waals surface area contributed by atoms with Gasteiger partial charge in [-0.1, -0.05) is 26.0 Å². The van der Waals surface area contributed by atoms with Gasteiger partial charge >= 0.3 is 6.18 Å². The van der Waals surface area contributed by atoms with Gasteiger partial charge in [0.05, 0.1) is 24.7 Å². The van der Waals surface area contributed by atoms with Gasteiger partial charge in [-0.05, 0) is 30.0 Å². The summed E-state index contributed by atoms with van der Waals surface area (Å²) in [4.78, 5) is 23.0. The highest BCUT2D eigenvalue weighted by molar-refractivity contribution is 5.85. The summed E-state index contributed by atoms with van der Waals surface area (Å²) >= 11 is 0. The molecule has 4 N–H and O–H groups in total. The second-order valence-corrected chi connectivity index (χ2v) is 5.85. The van der Waals surface area contributed by atoms with E-state index < -0.39 is 29.6 Å². The Balaban J connectivity index is 0.00000576. The Morgan fingerprint density at radius 2 is 1.84 bits per heavy atom. The number of hydrogen-bond donors (Lipinski definition) is 3. The van der Waals surface area contributed by atoms with Crippen LogP contribution in [0.1, 0.15) is 37.4 Å². The van der Waals surface area contributed by atoms with Crippen LogP contribution in [0.25, 0.3) is 0 Å². The fraction of sp³-hybridized carbons (Fsp3) is 0.500. The topological polar surface area (TPSA) is 84.2 Å². The molecule has 0 aliphatic rings. The number of benzene rings is 1. The van der Waals surface area contributed by atoms with Crippen molar-refractivity contribution in [3.8, 4) is 0 Å². The molecule has 0 bridgehead atoms. The molecule has 0 radical (unpaired) electrons. The SMILES string of the molecule is CC(C)CC(NC(=O)CNC(=O)CN)c1cccc(C(F)(F)F)c1.Cl. The zero-order chi connectivity index (χ0) is 18.3. The van der Waals surface area contributed by atoms with E-state index >= 15 is 0 Å². The van der Waals surface area contributed by atoms with Crippen LogP contribution >= 0.6 is 12.4 Å². The van der Waals surface area contributed by atoms with Crippen LogP contribution in [0.3, 0.4) is 0 Å². The van der Waals surface area contributed by atoms with Crippen molar-refractivity contribution in [2.45, 2.75) is 32.5 Å². The zero-order valence-electron chi connectivity index (χ0n) is 14.0. The zero-order valence-corrected chi connectivity index (χ0v) is 14.8. The van der Waals surface area contributed by atoms with Gasteiger partial charge < -0.3 is 16.4 Å². The molecule has 25 heavy (non-hydrogen) atoms. The molecule has 0 aliphatic carbocycles. The fourth-order valence-electron chi connectivity index (χ4n) is 2.18. The summed E-state index contributed by atoms with van der Waals surface area (Å²) in [5.41, 5.74) is 4.73. The molecule has 0 saturated heterocycles. The summed E-state index contributed by atoms with van der Waals surface area (Å²) in [5.74, 6) is -0.812. The van der Waals surface area contributed by atoms with Crippen LogP contribution in [0.4, 0.5) is 13.2 Å². The quantitative estimate of drug-likeness (QED) is 0.678. The largest absolute Gasteiger partial charge is 0.416 e. The number of halogens is 4. The molecule has 0 aromatic heterocycles. The number of carbonyl (C=O) groups excluding carboxylic acids is 2. The summed E-state index contributed by atoms with van der Waals surface area (Å²) in [6, 6.07) is 4.30. The average Bonchev–Trinajstić information content (AvgIpc) is 2.50. The molecule has 1 aromatic rings. The Bertz CT molecular complexity index is 580. The molecule has 1 atom stereocenters. The number of amides is 2. The lowest BCUT2D eigenvalue weighted by Crippen LogP contribution is -2.41. The van der Waals surface area contributed by atoms with Crippen molar-refractivity contribution in [2.75, 3.05) is 13.1 Å². The van der Waals surface area contributed by atoms with Gasteiger partial charge in [-0.25, -0.2) is 0 Å². The van der Waals surface area contributed by atoms with Crippen molar-refractivity contribution in [1.82, 2.24) is 10.6 Å². The maximum Gasteiger partial charge on any atom is 0.416 e. The third-order valence-corrected chi connectivity index (χ3v) is 3.29. The summed E-state index contributed by atoms with van der Waals surface area (Å²) in [5, 5.41) is 4.98. The lowest BCUT2D eigenvalue weighted by molar-refractivity contribution is -0.137. The van der Waals surface area contributed by atoms with E-state index in [4.69, 9.17) is 5.73 Å². The molecule has 0 spiro atoms. The van der Waals surface area contributed by atoms with E-state index in [1.807, 2.05) is 13.8 Å². The first-order chi connectivity index (χ1) is 11.1. The number of alkyl halides is 3. The van der Waals surface area contributed by atoms with Gasteiger partial charge in [0.15, 0.2) is 0 Å². The first kappa shape index (κ1) is 23.2. The molecule has 5 nitrogen and oxygen atoms in total. The van der Waals surface area contributed by atoms with Crippen molar-refractivity contribution < 1.29 is 22.8 Å². The summed E-state index contributed by atoms with van der Waals surface area (Å²) in [7, 11) is 0. The van der Waals surface area contributed by atoms with E-state index in [1.54, 1.807) is 6.07 Å². The van der Waals surface area contributed by atoms with E-state index in [2.05, 4.69) is 10.6 Å². The first-order valence-electron chi connectivity index (χ1n) is 7.56. The maximum atomic E-state index is 12.9. The first-order valence-corrected chi connectivity index (χ1v) is 7.56. The Kier molecular flexibility index (Phi) is 9.51. The van der Waals surface area contributed by atoms with Crippen LogP contribution < -0.4 is 16.4 Å². The van der Waals surface area contributed by atoms with Gasteiger partial charge in [0.2, 0.25) is 11.8 Å². The highest BCUT2D eigenvalue weighted by atomic mass is 35.5. The molecule has 1 unspecified atom stereocenters. The minimum absolute atomic E-state index is 0. The minimum atomic E-state index is -4.45. The standard InChI is InChI=1S/C16H22F3N3O2.ClH/c1-10(2)6-13(22-15(24)9-21-14(23)8-20)11-4-3-5-12(7-11)16(17,18)19;/h3-5,7,10,13H,6,8-9,20H2,1-2H3,(H,21,23)(H,22,24);1H. The number of nitrogens with one attached hydrogen (secondary N) is 2.